The van der Waals surface area contributed by atoms with Gasteiger partial charge in [0.25, 0.3) is 8.32 Å². The molecular weight excluding hydrogens is 368 g/mol. The number of hydrogen-bond donors (Lipinski definition) is 1. The molecular formula is C23H32O4Si. The fourth-order valence-corrected chi connectivity index (χ4v) is 8.77. The van der Waals surface area contributed by atoms with Gasteiger partial charge in [-0.1, -0.05) is 81.4 Å². The summed E-state index contributed by atoms with van der Waals surface area (Å²) in [6.45, 7) is 8.51. The zero-order valence-electron chi connectivity index (χ0n) is 17.2. The van der Waals surface area contributed by atoms with Crippen molar-refractivity contribution in [2.45, 2.75) is 44.4 Å². The van der Waals surface area contributed by atoms with Crippen molar-refractivity contribution < 1.29 is 19.0 Å². The minimum atomic E-state index is -2.55. The molecule has 1 N–H and O–H groups in total. The van der Waals surface area contributed by atoms with Gasteiger partial charge in [-0.25, -0.2) is 0 Å². The minimum Gasteiger partial charge on any atom is -0.407 e. The van der Waals surface area contributed by atoms with Crippen LogP contribution in [-0.4, -0.2) is 45.6 Å². The van der Waals surface area contributed by atoms with Crippen LogP contribution in [0, 0.1) is 0 Å². The predicted octanol–water partition coefficient (Wildman–Crippen LogP) is 3.08. The average Bonchev–Trinajstić information content (AvgIpc) is 3.15. The van der Waals surface area contributed by atoms with E-state index in [-0.39, 0.29) is 11.6 Å². The fourth-order valence-electron chi connectivity index (χ4n) is 4.20. The standard InChI is InChI=1S/C23H32O4Si/c1-22(2,3)28(20-10-6-4-7-11-20,21-12-8-5-9-13-21)27-17-15-23(14-16-24)25-18-19-26-23/h4-13,24H,14-19H2,1-3H3. The molecule has 1 fully saturated rings. The lowest BCUT2D eigenvalue weighted by atomic mass is 10.1. The number of ether oxygens (including phenoxy) is 2. The lowest BCUT2D eigenvalue weighted by Crippen LogP contribution is -2.66. The topological polar surface area (TPSA) is 47.9 Å². The smallest absolute Gasteiger partial charge is 0.261 e. The number of aliphatic hydroxyl groups is 1. The van der Waals surface area contributed by atoms with E-state index < -0.39 is 14.1 Å². The SMILES string of the molecule is CC(C)(C)[Si](OCCC1(CCO)OCCO1)(c1ccccc1)c1ccccc1. The van der Waals surface area contributed by atoms with Crippen molar-refractivity contribution >= 4 is 18.7 Å². The van der Waals surface area contributed by atoms with Gasteiger partial charge in [-0.15, -0.1) is 0 Å². The first kappa shape index (κ1) is 21.2. The molecule has 1 saturated heterocycles. The highest BCUT2D eigenvalue weighted by Crippen LogP contribution is 2.37. The third-order valence-electron chi connectivity index (χ3n) is 5.52. The van der Waals surface area contributed by atoms with E-state index in [1.807, 2.05) is 12.1 Å². The molecule has 0 spiro atoms. The van der Waals surface area contributed by atoms with Crippen LogP contribution < -0.4 is 10.4 Å². The highest BCUT2D eigenvalue weighted by atomic mass is 28.4. The Bertz CT molecular complexity index is 682. The van der Waals surface area contributed by atoms with E-state index >= 15 is 0 Å². The number of benzene rings is 2. The van der Waals surface area contributed by atoms with Crippen LogP contribution in [0.3, 0.4) is 0 Å². The van der Waals surface area contributed by atoms with Crippen molar-refractivity contribution in [3.63, 3.8) is 0 Å². The van der Waals surface area contributed by atoms with Crippen LogP contribution in [0.5, 0.6) is 0 Å². The van der Waals surface area contributed by atoms with E-state index in [1.165, 1.54) is 10.4 Å². The van der Waals surface area contributed by atoms with Crippen molar-refractivity contribution in [2.24, 2.45) is 0 Å². The predicted molar refractivity (Wildman–Crippen MR) is 115 cm³/mol. The van der Waals surface area contributed by atoms with Crippen LogP contribution >= 0.6 is 0 Å². The molecule has 1 aliphatic heterocycles. The van der Waals surface area contributed by atoms with Gasteiger partial charge in [-0.2, -0.15) is 0 Å². The Morgan fingerprint density at radius 2 is 1.39 bits per heavy atom. The molecule has 152 valence electrons. The molecule has 2 aromatic rings. The molecule has 0 aliphatic carbocycles. The molecule has 0 saturated carbocycles. The largest absolute Gasteiger partial charge is 0.407 e. The van der Waals surface area contributed by atoms with E-state index in [9.17, 15) is 5.11 Å². The van der Waals surface area contributed by atoms with Gasteiger partial charge in [0.1, 0.15) is 0 Å². The maximum atomic E-state index is 9.44. The third kappa shape index (κ3) is 4.24. The van der Waals surface area contributed by atoms with E-state index in [0.29, 0.717) is 32.7 Å². The number of rotatable bonds is 8. The Hall–Kier alpha value is -1.50. The molecule has 0 amide bonds. The van der Waals surface area contributed by atoms with Crippen molar-refractivity contribution in [3.8, 4) is 0 Å². The maximum absolute atomic E-state index is 9.44. The van der Waals surface area contributed by atoms with Crippen molar-refractivity contribution in [1.29, 1.82) is 0 Å². The van der Waals surface area contributed by atoms with Gasteiger partial charge < -0.3 is 19.0 Å². The summed E-state index contributed by atoms with van der Waals surface area (Å²) in [6, 6.07) is 21.2. The van der Waals surface area contributed by atoms with Gasteiger partial charge >= 0.3 is 0 Å². The molecule has 0 bridgehead atoms. The molecule has 4 nitrogen and oxygen atoms in total. The normalized spacial score (nSPS) is 17.0. The van der Waals surface area contributed by atoms with Crippen LogP contribution in [0.25, 0.3) is 0 Å². The highest BCUT2D eigenvalue weighted by molar-refractivity contribution is 6.99. The molecule has 0 atom stereocenters. The van der Waals surface area contributed by atoms with Crippen molar-refractivity contribution in [2.75, 3.05) is 26.4 Å². The molecule has 5 heteroatoms. The van der Waals surface area contributed by atoms with E-state index in [2.05, 4.69) is 69.3 Å². The summed E-state index contributed by atoms with van der Waals surface area (Å²) >= 11 is 0. The van der Waals surface area contributed by atoms with Crippen LogP contribution in [0.2, 0.25) is 5.04 Å². The van der Waals surface area contributed by atoms with Gasteiger partial charge in [0.15, 0.2) is 5.79 Å². The summed E-state index contributed by atoms with van der Waals surface area (Å²) in [5, 5.41) is 11.9. The monoisotopic (exact) mass is 400 g/mol. The zero-order valence-corrected chi connectivity index (χ0v) is 18.2. The molecule has 2 aromatic carbocycles. The van der Waals surface area contributed by atoms with Crippen LogP contribution in [0.4, 0.5) is 0 Å². The Balaban J connectivity index is 1.94. The second-order valence-electron chi connectivity index (χ2n) is 8.34. The van der Waals surface area contributed by atoms with Crippen LogP contribution in [0.15, 0.2) is 60.7 Å². The Labute approximate surface area is 169 Å². The zero-order chi connectivity index (χ0) is 20.1. The van der Waals surface area contributed by atoms with Crippen LogP contribution in [-0.2, 0) is 13.9 Å². The molecule has 0 radical (unpaired) electrons. The molecule has 0 aromatic heterocycles. The van der Waals surface area contributed by atoms with Gasteiger partial charge in [-0.3, -0.25) is 0 Å². The van der Waals surface area contributed by atoms with Gasteiger partial charge in [0.05, 0.1) is 13.2 Å². The second kappa shape index (κ2) is 8.89. The Kier molecular flexibility index (Phi) is 6.73. The lowest BCUT2D eigenvalue weighted by molar-refractivity contribution is -0.175. The van der Waals surface area contributed by atoms with E-state index in [4.69, 9.17) is 13.9 Å². The minimum absolute atomic E-state index is 0.0409. The summed E-state index contributed by atoms with van der Waals surface area (Å²) in [4.78, 5) is 0. The lowest BCUT2D eigenvalue weighted by Gasteiger charge is -2.43. The summed E-state index contributed by atoms with van der Waals surface area (Å²) in [7, 11) is -2.55. The molecule has 28 heavy (non-hydrogen) atoms. The number of aliphatic hydroxyl groups excluding tert-OH is 1. The second-order valence-corrected chi connectivity index (χ2v) is 12.6. The summed E-state index contributed by atoms with van der Waals surface area (Å²) in [5.74, 6) is -0.722. The first-order valence-corrected chi connectivity index (χ1v) is 12.0. The van der Waals surface area contributed by atoms with Gasteiger partial charge in [-0.05, 0) is 15.4 Å². The molecule has 3 rings (SSSR count). The van der Waals surface area contributed by atoms with E-state index in [0.717, 1.165) is 0 Å². The first-order chi connectivity index (χ1) is 13.4. The molecule has 0 unspecified atom stereocenters. The molecule has 1 aliphatic rings. The van der Waals surface area contributed by atoms with E-state index in [1.54, 1.807) is 0 Å². The molecule has 1 heterocycles. The third-order valence-corrected chi connectivity index (χ3v) is 10.6. The summed E-state index contributed by atoms with van der Waals surface area (Å²) < 4.78 is 18.6. The van der Waals surface area contributed by atoms with Crippen molar-refractivity contribution in [3.05, 3.63) is 60.7 Å². The Morgan fingerprint density at radius 1 is 0.893 bits per heavy atom. The van der Waals surface area contributed by atoms with Gasteiger partial charge in [0, 0.05) is 26.1 Å². The summed E-state index contributed by atoms with van der Waals surface area (Å²) in [5.41, 5.74) is 0. The van der Waals surface area contributed by atoms with Crippen LogP contribution in [0.1, 0.15) is 33.6 Å². The van der Waals surface area contributed by atoms with Gasteiger partial charge in [0.2, 0.25) is 0 Å². The summed E-state index contributed by atoms with van der Waals surface area (Å²) in [6.07, 6.45) is 1.08. The first-order valence-electron chi connectivity index (χ1n) is 10.1. The quantitative estimate of drug-likeness (QED) is 0.692. The maximum Gasteiger partial charge on any atom is 0.261 e. The Morgan fingerprint density at radius 3 is 1.82 bits per heavy atom. The number of hydrogen-bond acceptors (Lipinski definition) is 4. The highest BCUT2D eigenvalue weighted by Gasteiger charge is 2.50. The van der Waals surface area contributed by atoms with Crippen molar-refractivity contribution in [1.82, 2.24) is 0 Å². The fraction of sp³-hybridized carbons (Fsp3) is 0.478. The average molecular weight is 401 g/mol.